The first-order chi connectivity index (χ1) is 10.1. The molecule has 0 bridgehead atoms. The van der Waals surface area contributed by atoms with E-state index in [0.717, 1.165) is 17.7 Å². The molecule has 3 aliphatic heterocycles. The number of imide groups is 1. The van der Waals surface area contributed by atoms with Crippen molar-refractivity contribution >= 4 is 18.0 Å². The van der Waals surface area contributed by atoms with Crippen LogP contribution in [0.4, 0.5) is 9.59 Å². The summed E-state index contributed by atoms with van der Waals surface area (Å²) >= 11 is 0. The highest BCUT2D eigenvalue weighted by Gasteiger charge is 2.38. The Hall–Kier alpha value is -1.83. The van der Waals surface area contributed by atoms with Crippen LogP contribution < -0.4 is 5.32 Å². The van der Waals surface area contributed by atoms with Crippen molar-refractivity contribution in [3.8, 4) is 0 Å². The lowest BCUT2D eigenvalue weighted by Gasteiger charge is -2.41. The van der Waals surface area contributed by atoms with E-state index in [1.54, 1.807) is 4.90 Å². The third kappa shape index (κ3) is 3.10. The van der Waals surface area contributed by atoms with Gasteiger partial charge in [0.1, 0.15) is 0 Å². The summed E-state index contributed by atoms with van der Waals surface area (Å²) in [6.45, 7) is 2.66. The summed E-state index contributed by atoms with van der Waals surface area (Å²) in [7, 11) is 0. The first kappa shape index (κ1) is 14.1. The molecule has 3 heterocycles. The standard InChI is InChI=1S/C13H19N3O5/c17-11-8-21-13(19)16(11)7-9-5-15(6-9)12(18)14-10-1-3-20-4-2-10/h9-10H,1-8H2,(H,14,18). The molecule has 0 aromatic rings. The molecule has 0 atom stereocenters. The molecule has 21 heavy (non-hydrogen) atoms. The highest BCUT2D eigenvalue weighted by Crippen LogP contribution is 2.19. The van der Waals surface area contributed by atoms with Gasteiger partial charge in [-0.05, 0) is 12.8 Å². The molecule has 3 saturated heterocycles. The Kier molecular flexibility index (Phi) is 3.96. The first-order valence-electron chi connectivity index (χ1n) is 7.24. The monoisotopic (exact) mass is 297 g/mol. The number of carbonyl (C=O) groups excluding carboxylic acids is 3. The zero-order chi connectivity index (χ0) is 14.8. The van der Waals surface area contributed by atoms with E-state index in [4.69, 9.17) is 4.74 Å². The summed E-state index contributed by atoms with van der Waals surface area (Å²) in [5.74, 6) is -0.162. The molecule has 0 spiro atoms. The molecule has 116 valence electrons. The van der Waals surface area contributed by atoms with E-state index in [2.05, 4.69) is 10.1 Å². The van der Waals surface area contributed by atoms with Crippen LogP contribution in [0.5, 0.6) is 0 Å². The molecule has 0 saturated carbocycles. The van der Waals surface area contributed by atoms with Gasteiger partial charge in [0.25, 0.3) is 5.91 Å². The van der Waals surface area contributed by atoms with E-state index in [9.17, 15) is 14.4 Å². The van der Waals surface area contributed by atoms with E-state index in [1.807, 2.05) is 0 Å². The van der Waals surface area contributed by atoms with Crippen LogP contribution >= 0.6 is 0 Å². The molecule has 4 amide bonds. The van der Waals surface area contributed by atoms with Gasteiger partial charge in [0.05, 0.1) is 0 Å². The van der Waals surface area contributed by atoms with Crippen LogP contribution in [0.3, 0.4) is 0 Å². The summed E-state index contributed by atoms with van der Waals surface area (Å²) in [5.41, 5.74) is 0. The van der Waals surface area contributed by atoms with Crippen LogP contribution in [0.25, 0.3) is 0 Å². The van der Waals surface area contributed by atoms with Gasteiger partial charge < -0.3 is 19.7 Å². The van der Waals surface area contributed by atoms with Gasteiger partial charge in [-0.25, -0.2) is 14.5 Å². The van der Waals surface area contributed by atoms with Gasteiger partial charge in [-0.1, -0.05) is 0 Å². The van der Waals surface area contributed by atoms with E-state index in [-0.39, 0.29) is 30.5 Å². The van der Waals surface area contributed by atoms with E-state index in [0.29, 0.717) is 32.8 Å². The zero-order valence-corrected chi connectivity index (χ0v) is 11.7. The number of urea groups is 1. The van der Waals surface area contributed by atoms with Gasteiger partial charge in [-0.2, -0.15) is 0 Å². The van der Waals surface area contributed by atoms with Gasteiger partial charge >= 0.3 is 12.1 Å². The minimum absolute atomic E-state index is 0.0755. The van der Waals surface area contributed by atoms with Gasteiger partial charge in [-0.15, -0.1) is 0 Å². The second kappa shape index (κ2) is 5.88. The lowest BCUT2D eigenvalue weighted by Crippen LogP contribution is -2.58. The fourth-order valence-corrected chi connectivity index (χ4v) is 2.77. The second-order valence-corrected chi connectivity index (χ2v) is 5.67. The maximum absolute atomic E-state index is 12.0. The zero-order valence-electron chi connectivity index (χ0n) is 11.7. The van der Waals surface area contributed by atoms with E-state index >= 15 is 0 Å². The predicted molar refractivity (Wildman–Crippen MR) is 70.5 cm³/mol. The number of rotatable bonds is 3. The predicted octanol–water partition coefficient (Wildman–Crippen LogP) is -0.214. The Morgan fingerprint density at radius 2 is 1.95 bits per heavy atom. The molecule has 0 aromatic heterocycles. The van der Waals surface area contributed by atoms with Gasteiger partial charge in [0, 0.05) is 44.8 Å². The minimum Gasteiger partial charge on any atom is -0.439 e. The van der Waals surface area contributed by atoms with Crippen LogP contribution in [0.1, 0.15) is 12.8 Å². The van der Waals surface area contributed by atoms with Crippen molar-refractivity contribution in [2.75, 3.05) is 39.5 Å². The van der Waals surface area contributed by atoms with Crippen molar-refractivity contribution in [1.82, 2.24) is 15.1 Å². The normalized spacial score (nSPS) is 24.0. The Labute approximate surface area is 122 Å². The molecule has 0 radical (unpaired) electrons. The van der Waals surface area contributed by atoms with Crippen molar-refractivity contribution in [3.05, 3.63) is 0 Å². The highest BCUT2D eigenvalue weighted by molar-refractivity contribution is 5.97. The molecule has 3 fully saturated rings. The van der Waals surface area contributed by atoms with Crippen LogP contribution in [-0.2, 0) is 14.3 Å². The molecule has 3 rings (SSSR count). The quantitative estimate of drug-likeness (QED) is 0.778. The van der Waals surface area contributed by atoms with E-state index in [1.165, 1.54) is 0 Å². The Bertz CT molecular complexity index is 427. The number of likely N-dealkylation sites (tertiary alicyclic amines) is 1. The maximum atomic E-state index is 12.0. The third-order valence-electron chi connectivity index (χ3n) is 4.07. The number of cyclic esters (lactones) is 1. The Morgan fingerprint density at radius 3 is 2.57 bits per heavy atom. The summed E-state index contributed by atoms with van der Waals surface area (Å²) in [6.07, 6.45) is 1.11. The minimum atomic E-state index is -0.579. The summed E-state index contributed by atoms with van der Waals surface area (Å²) in [6, 6.07) is 0.105. The molecular formula is C13H19N3O5. The molecule has 0 unspecified atom stereocenters. The van der Waals surface area contributed by atoms with Crippen LogP contribution in [0, 0.1) is 5.92 Å². The fourth-order valence-electron chi connectivity index (χ4n) is 2.77. The van der Waals surface area contributed by atoms with Gasteiger partial charge in [0.15, 0.2) is 6.61 Å². The largest absolute Gasteiger partial charge is 0.439 e. The number of nitrogens with zero attached hydrogens (tertiary/aromatic N) is 2. The Morgan fingerprint density at radius 1 is 1.24 bits per heavy atom. The van der Waals surface area contributed by atoms with Crippen LogP contribution in [0.15, 0.2) is 0 Å². The van der Waals surface area contributed by atoms with Crippen molar-refractivity contribution < 1.29 is 23.9 Å². The van der Waals surface area contributed by atoms with E-state index < -0.39 is 6.09 Å². The van der Waals surface area contributed by atoms with Crippen molar-refractivity contribution in [2.45, 2.75) is 18.9 Å². The number of nitrogens with one attached hydrogen (secondary N) is 1. The summed E-state index contributed by atoms with van der Waals surface area (Å²) < 4.78 is 9.90. The molecule has 1 N–H and O–H groups in total. The summed E-state index contributed by atoms with van der Waals surface area (Å²) in [4.78, 5) is 37.6. The smallest absolute Gasteiger partial charge is 0.417 e. The van der Waals surface area contributed by atoms with Crippen molar-refractivity contribution in [2.24, 2.45) is 5.92 Å². The molecule has 0 aliphatic carbocycles. The van der Waals surface area contributed by atoms with Crippen LogP contribution in [-0.4, -0.2) is 73.3 Å². The van der Waals surface area contributed by atoms with Crippen molar-refractivity contribution in [1.29, 1.82) is 0 Å². The number of amides is 4. The second-order valence-electron chi connectivity index (χ2n) is 5.67. The number of ether oxygens (including phenoxy) is 2. The molecule has 0 aromatic carbocycles. The fraction of sp³-hybridized carbons (Fsp3) is 0.769. The van der Waals surface area contributed by atoms with Crippen LogP contribution in [0.2, 0.25) is 0 Å². The SMILES string of the molecule is O=C(NC1CCOCC1)N1CC(CN2C(=O)COC2=O)C1. The highest BCUT2D eigenvalue weighted by atomic mass is 16.6. The molecule has 3 aliphatic rings. The first-order valence-corrected chi connectivity index (χ1v) is 7.24. The van der Waals surface area contributed by atoms with Gasteiger partial charge in [-0.3, -0.25) is 4.79 Å². The lowest BCUT2D eigenvalue weighted by atomic mass is 10.00. The molecule has 8 nitrogen and oxygen atoms in total. The number of hydrogen-bond acceptors (Lipinski definition) is 5. The third-order valence-corrected chi connectivity index (χ3v) is 4.07. The number of carbonyl (C=O) groups is 3. The van der Waals surface area contributed by atoms with Crippen molar-refractivity contribution in [3.63, 3.8) is 0 Å². The maximum Gasteiger partial charge on any atom is 0.417 e. The average molecular weight is 297 g/mol. The van der Waals surface area contributed by atoms with Gasteiger partial charge in [0.2, 0.25) is 0 Å². The lowest BCUT2D eigenvalue weighted by molar-refractivity contribution is -0.126. The number of hydrogen-bond donors (Lipinski definition) is 1. The Balaban J connectivity index is 1.39. The average Bonchev–Trinajstić information content (AvgIpc) is 2.74. The molecular weight excluding hydrogens is 278 g/mol. The topological polar surface area (TPSA) is 88.2 Å². The molecule has 8 heteroatoms. The summed E-state index contributed by atoms with van der Waals surface area (Å²) in [5, 5.41) is 2.99.